The highest BCUT2D eigenvalue weighted by molar-refractivity contribution is 5.41. The molecule has 0 nitrogen and oxygen atoms in total. The second-order valence-electron chi connectivity index (χ2n) is 5.90. The molecule has 0 heteroatoms. The van der Waals surface area contributed by atoms with Crippen LogP contribution in [0.25, 0.3) is 0 Å². The first kappa shape index (κ1) is 7.64. The third-order valence-electron chi connectivity index (χ3n) is 4.78. The van der Waals surface area contributed by atoms with Gasteiger partial charge in [-0.25, -0.2) is 0 Å². The molecule has 0 atom stereocenters. The molecule has 0 saturated heterocycles. The Bertz CT molecular complexity index is 192. The zero-order valence-electron chi connectivity index (χ0n) is 8.65. The molecule has 0 aliphatic heterocycles. The zero-order chi connectivity index (χ0) is 8.65. The topological polar surface area (TPSA) is 0 Å². The van der Waals surface area contributed by atoms with Gasteiger partial charge >= 0.3 is 0 Å². The number of hydrogen-bond donors (Lipinski definition) is 0. The second-order valence-corrected chi connectivity index (χ2v) is 5.90. The maximum atomic E-state index is 2.43. The van der Waals surface area contributed by atoms with Crippen LogP contribution in [0.15, 0.2) is 0 Å². The van der Waals surface area contributed by atoms with E-state index in [1.54, 1.807) is 0 Å². The van der Waals surface area contributed by atoms with E-state index in [9.17, 15) is 0 Å². The summed E-state index contributed by atoms with van der Waals surface area (Å²) in [5.41, 5.74) is 2.02. The molecule has 11 heavy (non-hydrogen) atoms. The summed E-state index contributed by atoms with van der Waals surface area (Å²) in [5.74, 6) is 1.89. The van der Waals surface area contributed by atoms with Gasteiger partial charge in [-0.05, 0) is 28.1 Å². The predicted molar refractivity (Wildman–Crippen MR) is 48.3 cm³/mol. The van der Waals surface area contributed by atoms with Crippen LogP contribution in [0.4, 0.5) is 0 Å². The van der Waals surface area contributed by atoms with Crippen LogP contribution in [-0.4, -0.2) is 0 Å². The van der Waals surface area contributed by atoms with Gasteiger partial charge in [0.05, 0.1) is 0 Å². The van der Waals surface area contributed by atoms with Crippen molar-refractivity contribution in [3.63, 3.8) is 0 Å². The Morgan fingerprint density at radius 3 is 1.27 bits per heavy atom. The highest BCUT2D eigenvalue weighted by atomic mass is 15.0. The van der Waals surface area contributed by atoms with Crippen molar-refractivity contribution in [2.45, 2.75) is 41.5 Å². The molecule has 0 radical (unpaired) electrons. The minimum Gasteiger partial charge on any atom is -0.0622 e. The van der Waals surface area contributed by atoms with Crippen molar-refractivity contribution < 1.29 is 0 Å². The SMILES string of the molecule is CC(C)C12C(C1(C)C)C2(C)C. The Morgan fingerprint density at radius 2 is 1.27 bits per heavy atom. The third-order valence-corrected chi connectivity index (χ3v) is 4.78. The maximum absolute atomic E-state index is 2.43. The van der Waals surface area contributed by atoms with Crippen LogP contribution in [0.3, 0.4) is 0 Å². The first-order valence-electron chi connectivity index (χ1n) is 4.81. The summed E-state index contributed by atoms with van der Waals surface area (Å²) in [6.07, 6.45) is 0. The normalized spacial score (nSPS) is 48.8. The van der Waals surface area contributed by atoms with E-state index >= 15 is 0 Å². The van der Waals surface area contributed by atoms with Crippen LogP contribution in [0.5, 0.6) is 0 Å². The van der Waals surface area contributed by atoms with Gasteiger partial charge in [-0.2, -0.15) is 0 Å². The smallest absolute Gasteiger partial charge is 0.0127 e. The van der Waals surface area contributed by atoms with Gasteiger partial charge in [0.1, 0.15) is 0 Å². The molecular weight excluding hydrogens is 132 g/mol. The van der Waals surface area contributed by atoms with Gasteiger partial charge in [0.2, 0.25) is 0 Å². The van der Waals surface area contributed by atoms with E-state index in [1.165, 1.54) is 0 Å². The lowest BCUT2D eigenvalue weighted by Gasteiger charge is -2.32. The second kappa shape index (κ2) is 1.41. The van der Waals surface area contributed by atoms with Crippen LogP contribution in [0.1, 0.15) is 41.5 Å². The highest BCUT2D eigenvalue weighted by Crippen LogP contribution is 2.99. The van der Waals surface area contributed by atoms with Crippen molar-refractivity contribution in [2.75, 3.05) is 0 Å². The number of hydrogen-bond acceptors (Lipinski definition) is 0. The van der Waals surface area contributed by atoms with Gasteiger partial charge in [-0.3, -0.25) is 0 Å². The fourth-order valence-corrected chi connectivity index (χ4v) is 5.07. The van der Waals surface area contributed by atoms with Crippen molar-refractivity contribution in [1.82, 2.24) is 0 Å². The van der Waals surface area contributed by atoms with Gasteiger partial charge in [-0.1, -0.05) is 41.5 Å². The first-order chi connectivity index (χ1) is 4.81. The molecule has 0 aromatic heterocycles. The van der Waals surface area contributed by atoms with Crippen molar-refractivity contribution >= 4 is 0 Å². The Kier molecular flexibility index (Phi) is 0.977. The standard InChI is InChI=1S/C11H20/c1-7(2)11-8(9(11,3)4)10(11,5)6/h7-8H,1-6H3. The monoisotopic (exact) mass is 152 g/mol. The molecule has 0 bridgehead atoms. The summed E-state index contributed by atoms with van der Waals surface area (Å²) in [6.45, 7) is 14.5. The molecule has 0 aromatic rings. The first-order valence-corrected chi connectivity index (χ1v) is 4.81. The molecule has 0 unspecified atom stereocenters. The number of rotatable bonds is 1. The summed E-state index contributed by atoms with van der Waals surface area (Å²) in [5, 5.41) is 0. The van der Waals surface area contributed by atoms with Crippen molar-refractivity contribution in [2.24, 2.45) is 28.1 Å². The molecule has 2 fully saturated rings. The van der Waals surface area contributed by atoms with E-state index in [2.05, 4.69) is 41.5 Å². The molecule has 0 amide bonds. The lowest BCUT2D eigenvalue weighted by atomic mass is 9.72. The summed E-state index contributed by atoms with van der Waals surface area (Å²) in [7, 11) is 0. The maximum Gasteiger partial charge on any atom is -0.0127 e. The van der Waals surface area contributed by atoms with Gasteiger partial charge < -0.3 is 0 Å². The highest BCUT2D eigenvalue weighted by Gasteiger charge is 2.95. The Labute approximate surface area is 70.4 Å². The lowest BCUT2D eigenvalue weighted by molar-refractivity contribution is 0.154. The van der Waals surface area contributed by atoms with E-state index in [0.29, 0.717) is 16.2 Å². The predicted octanol–water partition coefficient (Wildman–Crippen LogP) is 3.32. The lowest BCUT2D eigenvalue weighted by Crippen LogP contribution is -2.26. The Balaban J connectivity index is 2.29. The molecule has 2 rings (SSSR count). The van der Waals surface area contributed by atoms with Crippen molar-refractivity contribution in [1.29, 1.82) is 0 Å². The molecule has 2 aliphatic carbocycles. The van der Waals surface area contributed by atoms with E-state index in [0.717, 1.165) is 11.8 Å². The molecule has 64 valence electrons. The Morgan fingerprint density at radius 1 is 0.909 bits per heavy atom. The molecule has 2 saturated carbocycles. The average molecular weight is 152 g/mol. The van der Waals surface area contributed by atoms with Gasteiger partial charge in [0.25, 0.3) is 0 Å². The summed E-state index contributed by atoms with van der Waals surface area (Å²) >= 11 is 0. The van der Waals surface area contributed by atoms with E-state index < -0.39 is 0 Å². The van der Waals surface area contributed by atoms with Crippen LogP contribution < -0.4 is 0 Å². The van der Waals surface area contributed by atoms with Gasteiger partial charge in [0.15, 0.2) is 0 Å². The fraction of sp³-hybridized carbons (Fsp3) is 1.00. The average Bonchev–Trinajstić information content (AvgIpc) is 2.49. The molecule has 0 aromatic carbocycles. The fourth-order valence-electron chi connectivity index (χ4n) is 5.07. The van der Waals surface area contributed by atoms with E-state index in [-0.39, 0.29) is 0 Å². The van der Waals surface area contributed by atoms with Gasteiger partial charge in [-0.15, -0.1) is 0 Å². The molecule has 0 heterocycles. The minimum atomic E-state index is 0.657. The summed E-state index contributed by atoms with van der Waals surface area (Å²) < 4.78 is 0. The van der Waals surface area contributed by atoms with E-state index in [4.69, 9.17) is 0 Å². The zero-order valence-corrected chi connectivity index (χ0v) is 8.65. The van der Waals surface area contributed by atoms with Crippen LogP contribution >= 0.6 is 0 Å². The summed E-state index contributed by atoms with van der Waals surface area (Å²) in [4.78, 5) is 0. The largest absolute Gasteiger partial charge is 0.0622 e. The molecule has 2 aliphatic rings. The molecule has 0 spiro atoms. The number of fused-ring (bicyclic) bond motifs is 1. The third kappa shape index (κ3) is 0.443. The van der Waals surface area contributed by atoms with Crippen molar-refractivity contribution in [3.05, 3.63) is 0 Å². The quantitative estimate of drug-likeness (QED) is 0.540. The van der Waals surface area contributed by atoms with Crippen LogP contribution in [0.2, 0.25) is 0 Å². The van der Waals surface area contributed by atoms with Crippen LogP contribution in [0, 0.1) is 28.1 Å². The summed E-state index contributed by atoms with van der Waals surface area (Å²) in [6, 6.07) is 0. The van der Waals surface area contributed by atoms with Gasteiger partial charge in [0, 0.05) is 0 Å². The molecule has 0 N–H and O–H groups in total. The Hall–Kier alpha value is 0. The van der Waals surface area contributed by atoms with Crippen molar-refractivity contribution in [3.8, 4) is 0 Å². The minimum absolute atomic E-state index is 0.657. The van der Waals surface area contributed by atoms with E-state index in [1.807, 2.05) is 0 Å². The van der Waals surface area contributed by atoms with Crippen LogP contribution in [-0.2, 0) is 0 Å². The molecular formula is C11H20.